The number of rotatable bonds is 3. The highest BCUT2D eigenvalue weighted by Crippen LogP contribution is 2.10. The van der Waals surface area contributed by atoms with E-state index in [0.29, 0.717) is 18.7 Å². The number of aromatic nitrogens is 1. The predicted octanol–water partition coefficient (Wildman–Crippen LogP) is 1.79. The summed E-state index contributed by atoms with van der Waals surface area (Å²) in [6.07, 6.45) is 1.86. The number of pyridine rings is 1. The maximum atomic E-state index is 11.6. The fraction of sp³-hybridized carbons (Fsp3) is 0.500. The third-order valence-corrected chi connectivity index (χ3v) is 2.01. The number of carbonyl (C=O) groups excluding carboxylic acids is 1. The van der Waals surface area contributed by atoms with Crippen molar-refractivity contribution in [2.75, 3.05) is 12.3 Å². The van der Waals surface area contributed by atoms with Gasteiger partial charge < -0.3 is 11.1 Å². The van der Waals surface area contributed by atoms with Gasteiger partial charge in [0.15, 0.2) is 0 Å². The van der Waals surface area contributed by atoms with Crippen molar-refractivity contribution in [3.63, 3.8) is 0 Å². The average Bonchev–Trinajstić information content (AvgIpc) is 2.18. The average molecular weight is 258 g/mol. The van der Waals surface area contributed by atoms with Crippen molar-refractivity contribution < 1.29 is 4.79 Å². The molecular weight excluding hydrogens is 238 g/mol. The maximum Gasteiger partial charge on any atom is 0.226 e. The van der Waals surface area contributed by atoms with E-state index in [-0.39, 0.29) is 23.7 Å². The summed E-state index contributed by atoms with van der Waals surface area (Å²) in [6, 6.07) is 3.52. The summed E-state index contributed by atoms with van der Waals surface area (Å²) in [4.78, 5) is 15.6. The lowest BCUT2D eigenvalue weighted by Crippen LogP contribution is -2.33. The van der Waals surface area contributed by atoms with E-state index in [4.69, 9.17) is 5.73 Å². The van der Waals surface area contributed by atoms with E-state index in [0.717, 1.165) is 5.69 Å². The van der Waals surface area contributed by atoms with Gasteiger partial charge in [-0.2, -0.15) is 0 Å². The smallest absolute Gasteiger partial charge is 0.226 e. The number of carbonyl (C=O) groups is 1. The normalized spacial score (nSPS) is 10.5. The van der Waals surface area contributed by atoms with E-state index in [1.54, 1.807) is 18.3 Å². The summed E-state index contributed by atoms with van der Waals surface area (Å²) in [5, 5.41) is 2.88. The molecule has 17 heavy (non-hydrogen) atoms. The van der Waals surface area contributed by atoms with Crippen LogP contribution < -0.4 is 11.1 Å². The van der Waals surface area contributed by atoms with Gasteiger partial charge in [0.1, 0.15) is 0 Å². The van der Waals surface area contributed by atoms with Gasteiger partial charge >= 0.3 is 0 Å². The molecule has 0 unspecified atom stereocenters. The number of nitrogen functional groups attached to an aromatic ring is 1. The van der Waals surface area contributed by atoms with Crippen LogP contribution in [-0.2, 0) is 11.2 Å². The zero-order chi connectivity index (χ0) is 12.2. The van der Waals surface area contributed by atoms with Crippen molar-refractivity contribution in [1.29, 1.82) is 0 Å². The minimum absolute atomic E-state index is 0. The lowest BCUT2D eigenvalue weighted by molar-refractivity contribution is -0.120. The molecule has 0 aliphatic rings. The Labute approximate surface area is 108 Å². The number of halogens is 1. The first-order valence-electron chi connectivity index (χ1n) is 5.34. The standard InChI is InChI=1S/C12H19N3O.ClH/c1-12(2,3)8-15-11(16)6-10-5-4-9(13)7-14-10;/h4-5,7H,6,8,13H2,1-3H3,(H,15,16);1H. The summed E-state index contributed by atoms with van der Waals surface area (Å²) in [5.41, 5.74) is 6.96. The summed E-state index contributed by atoms with van der Waals surface area (Å²) in [7, 11) is 0. The van der Waals surface area contributed by atoms with Gasteiger partial charge in [0.2, 0.25) is 5.91 Å². The molecule has 5 heteroatoms. The number of anilines is 1. The molecule has 0 saturated heterocycles. The van der Waals surface area contributed by atoms with Gasteiger partial charge in [0, 0.05) is 12.2 Å². The molecule has 4 nitrogen and oxygen atoms in total. The molecule has 0 radical (unpaired) electrons. The Morgan fingerprint density at radius 2 is 2.06 bits per heavy atom. The number of hydrogen-bond donors (Lipinski definition) is 2. The second-order valence-electron chi connectivity index (χ2n) is 5.10. The molecule has 1 amide bonds. The zero-order valence-electron chi connectivity index (χ0n) is 10.5. The van der Waals surface area contributed by atoms with Crippen LogP contribution in [0, 0.1) is 5.41 Å². The number of amides is 1. The second-order valence-corrected chi connectivity index (χ2v) is 5.10. The molecule has 3 N–H and O–H groups in total. The van der Waals surface area contributed by atoms with Crippen LogP contribution in [0.5, 0.6) is 0 Å². The number of nitrogens with two attached hydrogens (primary N) is 1. The minimum Gasteiger partial charge on any atom is -0.397 e. The summed E-state index contributed by atoms with van der Waals surface area (Å²) in [6.45, 7) is 6.90. The van der Waals surface area contributed by atoms with Crippen LogP contribution in [0.4, 0.5) is 5.69 Å². The fourth-order valence-corrected chi connectivity index (χ4v) is 1.13. The first kappa shape index (κ1) is 15.7. The maximum absolute atomic E-state index is 11.6. The van der Waals surface area contributed by atoms with Crippen LogP contribution in [0.1, 0.15) is 26.5 Å². The molecule has 1 rings (SSSR count). The van der Waals surface area contributed by atoms with E-state index in [9.17, 15) is 4.79 Å². The van der Waals surface area contributed by atoms with Crippen molar-refractivity contribution >= 4 is 24.0 Å². The van der Waals surface area contributed by atoms with Crippen molar-refractivity contribution in [2.45, 2.75) is 27.2 Å². The molecule has 0 fully saturated rings. The van der Waals surface area contributed by atoms with Gasteiger partial charge in [-0.1, -0.05) is 20.8 Å². The van der Waals surface area contributed by atoms with E-state index in [2.05, 4.69) is 31.1 Å². The summed E-state index contributed by atoms with van der Waals surface area (Å²) in [5.74, 6) is -0.00723. The molecule has 0 atom stereocenters. The number of hydrogen-bond acceptors (Lipinski definition) is 3. The molecule has 0 bridgehead atoms. The van der Waals surface area contributed by atoms with E-state index in [1.165, 1.54) is 0 Å². The first-order chi connectivity index (χ1) is 7.37. The van der Waals surface area contributed by atoms with E-state index < -0.39 is 0 Å². The predicted molar refractivity (Wildman–Crippen MR) is 72.1 cm³/mol. The van der Waals surface area contributed by atoms with Gasteiger partial charge in [0.05, 0.1) is 18.3 Å². The van der Waals surface area contributed by atoms with Crippen LogP contribution >= 0.6 is 12.4 Å². The number of nitrogens with zero attached hydrogens (tertiary/aromatic N) is 1. The first-order valence-corrected chi connectivity index (χ1v) is 5.34. The molecular formula is C12H20ClN3O. The molecule has 1 heterocycles. The van der Waals surface area contributed by atoms with Crippen molar-refractivity contribution in [1.82, 2.24) is 10.3 Å². The second kappa shape index (κ2) is 6.45. The minimum atomic E-state index is -0.00723. The van der Waals surface area contributed by atoms with Crippen LogP contribution in [0.3, 0.4) is 0 Å². The Kier molecular flexibility index (Phi) is 5.96. The van der Waals surface area contributed by atoms with Gasteiger partial charge in [-0.25, -0.2) is 0 Å². The lowest BCUT2D eigenvalue weighted by Gasteiger charge is -2.18. The van der Waals surface area contributed by atoms with E-state index in [1.807, 2.05) is 0 Å². The van der Waals surface area contributed by atoms with Crippen LogP contribution in [0.2, 0.25) is 0 Å². The van der Waals surface area contributed by atoms with Crippen LogP contribution in [0.15, 0.2) is 18.3 Å². The molecule has 1 aromatic rings. The Morgan fingerprint density at radius 3 is 2.53 bits per heavy atom. The third-order valence-electron chi connectivity index (χ3n) is 2.01. The molecule has 0 spiro atoms. The quantitative estimate of drug-likeness (QED) is 0.868. The molecule has 0 aliphatic carbocycles. The Bertz CT molecular complexity index is 357. The lowest BCUT2D eigenvalue weighted by atomic mass is 9.97. The van der Waals surface area contributed by atoms with Crippen molar-refractivity contribution in [2.24, 2.45) is 5.41 Å². The highest BCUT2D eigenvalue weighted by molar-refractivity contribution is 5.85. The highest BCUT2D eigenvalue weighted by Gasteiger charge is 2.12. The SMILES string of the molecule is CC(C)(C)CNC(=O)Cc1ccc(N)cn1.Cl. The van der Waals surface area contributed by atoms with Crippen molar-refractivity contribution in [3.8, 4) is 0 Å². The third kappa shape index (κ3) is 6.79. The van der Waals surface area contributed by atoms with Gasteiger partial charge in [-0.3, -0.25) is 9.78 Å². The summed E-state index contributed by atoms with van der Waals surface area (Å²) >= 11 is 0. The molecule has 0 aromatic carbocycles. The molecule has 0 saturated carbocycles. The van der Waals surface area contributed by atoms with Gasteiger partial charge in [0.25, 0.3) is 0 Å². The van der Waals surface area contributed by atoms with Crippen LogP contribution in [-0.4, -0.2) is 17.4 Å². The fourth-order valence-electron chi connectivity index (χ4n) is 1.13. The molecule has 1 aromatic heterocycles. The topological polar surface area (TPSA) is 68.0 Å². The highest BCUT2D eigenvalue weighted by atomic mass is 35.5. The van der Waals surface area contributed by atoms with Gasteiger partial charge in [-0.05, 0) is 17.5 Å². The Hall–Kier alpha value is -1.29. The Balaban J connectivity index is 0.00000256. The largest absolute Gasteiger partial charge is 0.397 e. The van der Waals surface area contributed by atoms with Gasteiger partial charge in [-0.15, -0.1) is 12.4 Å². The monoisotopic (exact) mass is 257 g/mol. The zero-order valence-corrected chi connectivity index (χ0v) is 11.3. The summed E-state index contributed by atoms with van der Waals surface area (Å²) < 4.78 is 0. The molecule has 96 valence electrons. The molecule has 0 aliphatic heterocycles. The van der Waals surface area contributed by atoms with Crippen molar-refractivity contribution in [3.05, 3.63) is 24.0 Å². The van der Waals surface area contributed by atoms with E-state index >= 15 is 0 Å². The van der Waals surface area contributed by atoms with Crippen LogP contribution in [0.25, 0.3) is 0 Å². The number of nitrogens with one attached hydrogen (secondary N) is 1. The Morgan fingerprint density at radius 1 is 1.41 bits per heavy atom.